The van der Waals surface area contributed by atoms with E-state index >= 15 is 0 Å². The summed E-state index contributed by atoms with van der Waals surface area (Å²) in [4.78, 5) is 47.0. The first-order valence-corrected chi connectivity index (χ1v) is 17.2. The molecule has 0 aliphatic heterocycles. The molecular formula is C39H58N2O7. The number of nitrogens with one attached hydrogen (secondary N) is 2. The minimum absolute atomic E-state index is 0.201. The van der Waals surface area contributed by atoms with E-state index in [0.29, 0.717) is 6.42 Å². The van der Waals surface area contributed by atoms with E-state index in [1.54, 1.807) is 0 Å². The Kier molecular flexibility index (Phi) is 29.8. The number of allylic oxidation sites excluding steroid dienone is 13. The van der Waals surface area contributed by atoms with Crippen LogP contribution >= 0.6 is 0 Å². The van der Waals surface area contributed by atoms with Crippen LogP contribution < -0.4 is 10.6 Å². The molecule has 0 aliphatic rings. The number of rotatable bonds is 28. The number of carbonyl (C=O) groups is 4. The second-order valence-electron chi connectivity index (χ2n) is 10.9. The predicted octanol–water partition coefficient (Wildman–Crippen LogP) is 7.14. The molecule has 9 nitrogen and oxygen atoms in total. The van der Waals surface area contributed by atoms with Gasteiger partial charge in [0.2, 0.25) is 11.8 Å². The number of aliphatic hydroxyl groups is 1. The van der Waals surface area contributed by atoms with Gasteiger partial charge in [0, 0.05) is 6.42 Å². The largest absolute Gasteiger partial charge is 0.480 e. The fourth-order valence-electron chi connectivity index (χ4n) is 3.98. The van der Waals surface area contributed by atoms with Gasteiger partial charge >= 0.3 is 11.9 Å². The lowest BCUT2D eigenvalue weighted by atomic mass is 10.1. The number of hydrogen-bond acceptors (Lipinski definition) is 6. The minimum Gasteiger partial charge on any atom is -0.480 e. The fraction of sp³-hybridized carbons (Fsp3) is 0.487. The maximum atomic E-state index is 12.5. The number of carboxylic acids is 1. The molecule has 0 aromatic heterocycles. The van der Waals surface area contributed by atoms with Crippen molar-refractivity contribution in [1.29, 1.82) is 0 Å². The van der Waals surface area contributed by atoms with Crippen LogP contribution in [-0.2, 0) is 23.9 Å². The van der Waals surface area contributed by atoms with Crippen LogP contribution in [0.1, 0.15) is 97.3 Å². The van der Waals surface area contributed by atoms with Crippen LogP contribution in [0, 0.1) is 0 Å². The summed E-state index contributed by atoms with van der Waals surface area (Å²) in [5.74, 6) is -2.64. The molecule has 0 heterocycles. The first-order chi connectivity index (χ1) is 23.3. The molecular weight excluding hydrogens is 608 g/mol. The van der Waals surface area contributed by atoms with Crippen molar-refractivity contribution in [1.82, 2.24) is 10.6 Å². The molecule has 0 radical (unpaired) electrons. The maximum absolute atomic E-state index is 12.5. The van der Waals surface area contributed by atoms with Gasteiger partial charge in [-0.15, -0.1) is 0 Å². The summed E-state index contributed by atoms with van der Waals surface area (Å²) in [5, 5.41) is 22.4. The van der Waals surface area contributed by atoms with Gasteiger partial charge in [-0.3, -0.25) is 14.4 Å². The molecule has 9 heteroatoms. The highest BCUT2D eigenvalue weighted by Crippen LogP contribution is 2.08. The van der Waals surface area contributed by atoms with Gasteiger partial charge in [-0.05, 0) is 76.4 Å². The third-order valence-electron chi connectivity index (χ3n) is 6.57. The minimum atomic E-state index is -1.40. The number of aliphatic hydroxyl groups excluding tert-OH is 1. The van der Waals surface area contributed by atoms with Crippen molar-refractivity contribution in [2.75, 3.05) is 13.2 Å². The van der Waals surface area contributed by atoms with E-state index < -0.39 is 30.6 Å². The number of amides is 2. The summed E-state index contributed by atoms with van der Waals surface area (Å²) < 4.78 is 5.67. The summed E-state index contributed by atoms with van der Waals surface area (Å²) in [6.45, 7) is 3.12. The van der Waals surface area contributed by atoms with E-state index in [1.807, 2.05) is 36.5 Å². The number of aliphatic carboxylic acids is 1. The number of esters is 1. The van der Waals surface area contributed by atoms with Crippen molar-refractivity contribution in [3.63, 3.8) is 0 Å². The van der Waals surface area contributed by atoms with E-state index in [1.165, 1.54) is 0 Å². The van der Waals surface area contributed by atoms with Gasteiger partial charge in [-0.2, -0.15) is 0 Å². The van der Waals surface area contributed by atoms with E-state index in [4.69, 9.17) is 14.9 Å². The summed E-state index contributed by atoms with van der Waals surface area (Å²) in [5.41, 5.74) is 0. The Hall–Kier alpha value is -4.24. The zero-order chi connectivity index (χ0) is 35.5. The number of hydrogen-bond donors (Lipinski definition) is 4. The molecule has 0 aromatic rings. The quantitative estimate of drug-likeness (QED) is 0.0395. The predicted molar refractivity (Wildman–Crippen MR) is 194 cm³/mol. The SMILES string of the molecule is CC/C=C\C/C=C\C/C=C\C/C=C\C/C=C\CC(=O)OC(/C=C\C/C=C\CC)/C=C\CCCCCC(=O)NCC(=O)NC(CO)C(=O)O. The summed E-state index contributed by atoms with van der Waals surface area (Å²) in [6, 6.07) is -1.40. The summed E-state index contributed by atoms with van der Waals surface area (Å²) in [6.07, 6.45) is 42.2. The van der Waals surface area contributed by atoms with E-state index in [-0.39, 0.29) is 31.3 Å². The highest BCUT2D eigenvalue weighted by Gasteiger charge is 2.18. The van der Waals surface area contributed by atoms with Gasteiger partial charge in [0.05, 0.1) is 19.6 Å². The molecule has 0 fully saturated rings. The van der Waals surface area contributed by atoms with Crippen molar-refractivity contribution in [3.8, 4) is 0 Å². The van der Waals surface area contributed by atoms with Gasteiger partial charge in [-0.1, -0.05) is 105 Å². The zero-order valence-corrected chi connectivity index (χ0v) is 28.9. The third kappa shape index (κ3) is 29.2. The topological polar surface area (TPSA) is 142 Å². The first kappa shape index (κ1) is 43.8. The molecule has 0 saturated carbocycles. The molecule has 0 aliphatic carbocycles. The molecule has 2 amide bonds. The molecule has 2 atom stereocenters. The lowest BCUT2D eigenvalue weighted by molar-refractivity contribution is -0.144. The summed E-state index contributed by atoms with van der Waals surface area (Å²) in [7, 11) is 0. The Labute approximate surface area is 288 Å². The molecule has 0 spiro atoms. The van der Waals surface area contributed by atoms with Crippen molar-refractivity contribution in [2.45, 2.75) is 109 Å². The van der Waals surface area contributed by atoms with Crippen LogP contribution in [-0.4, -0.2) is 59.3 Å². The second-order valence-corrected chi connectivity index (χ2v) is 10.9. The lowest BCUT2D eigenvalue weighted by Gasteiger charge is -2.12. The average molecular weight is 667 g/mol. The number of unbranched alkanes of at least 4 members (excludes halogenated alkanes) is 3. The second kappa shape index (κ2) is 32.7. The number of carboxylic acid groups (broad SMARTS) is 1. The third-order valence-corrected chi connectivity index (χ3v) is 6.57. The Morgan fingerprint density at radius 2 is 1.17 bits per heavy atom. The lowest BCUT2D eigenvalue weighted by Crippen LogP contribution is -2.47. The standard InChI is InChI=1S/C39H58N2O7/c1-3-5-7-9-10-11-12-13-14-15-16-17-18-23-27-31-38(45)48-34(28-24-20-8-6-4-2)29-25-21-19-22-26-30-36(43)40-32-37(44)41-35(33-42)39(46)47/h5-8,10-11,13-14,16-17,23-25,27-29,34-35,42H,3-4,9,12,15,18-22,26,30-33H2,1-2H3,(H,40,43)(H,41,44)(H,46,47)/b7-5-,8-6-,11-10-,14-13-,17-16-,27-23-,28-24-,29-25-. The van der Waals surface area contributed by atoms with E-state index in [9.17, 15) is 19.2 Å². The molecule has 0 aromatic carbocycles. The van der Waals surface area contributed by atoms with Crippen LogP contribution in [0.15, 0.2) is 97.2 Å². The van der Waals surface area contributed by atoms with Crippen molar-refractivity contribution in [3.05, 3.63) is 97.2 Å². The maximum Gasteiger partial charge on any atom is 0.328 e. The molecule has 4 N–H and O–H groups in total. The van der Waals surface area contributed by atoms with Crippen LogP contribution in [0.25, 0.3) is 0 Å². The van der Waals surface area contributed by atoms with Gasteiger partial charge < -0.3 is 25.6 Å². The van der Waals surface area contributed by atoms with Crippen LogP contribution in [0.3, 0.4) is 0 Å². The van der Waals surface area contributed by atoms with Gasteiger partial charge in [0.1, 0.15) is 12.1 Å². The Morgan fingerprint density at radius 1 is 0.646 bits per heavy atom. The fourth-order valence-corrected chi connectivity index (χ4v) is 3.98. The Bertz CT molecular complexity index is 1130. The molecule has 48 heavy (non-hydrogen) atoms. The highest BCUT2D eigenvalue weighted by molar-refractivity contribution is 5.87. The normalized spacial score (nSPS) is 13.7. The average Bonchev–Trinajstić information content (AvgIpc) is 3.07. The van der Waals surface area contributed by atoms with Crippen molar-refractivity contribution in [2.24, 2.45) is 0 Å². The van der Waals surface area contributed by atoms with Crippen LogP contribution in [0.5, 0.6) is 0 Å². The summed E-state index contributed by atoms with van der Waals surface area (Å²) >= 11 is 0. The first-order valence-electron chi connectivity index (χ1n) is 17.2. The van der Waals surface area contributed by atoms with Gasteiger partial charge in [-0.25, -0.2) is 4.79 Å². The smallest absolute Gasteiger partial charge is 0.328 e. The molecule has 0 bridgehead atoms. The molecule has 266 valence electrons. The Balaban J connectivity index is 4.43. The Morgan fingerprint density at radius 3 is 1.71 bits per heavy atom. The van der Waals surface area contributed by atoms with E-state index in [2.05, 4.69) is 85.2 Å². The zero-order valence-electron chi connectivity index (χ0n) is 28.9. The number of ether oxygens (including phenoxy) is 1. The molecule has 0 saturated heterocycles. The van der Waals surface area contributed by atoms with Crippen molar-refractivity contribution < 1.29 is 34.1 Å². The highest BCUT2D eigenvalue weighted by atomic mass is 16.5. The molecule has 2 unspecified atom stereocenters. The number of carbonyl (C=O) groups excluding carboxylic acids is 3. The van der Waals surface area contributed by atoms with E-state index in [0.717, 1.165) is 64.2 Å². The molecule has 0 rings (SSSR count). The van der Waals surface area contributed by atoms with Crippen LogP contribution in [0.2, 0.25) is 0 Å². The van der Waals surface area contributed by atoms with Gasteiger partial charge in [0.15, 0.2) is 0 Å². The van der Waals surface area contributed by atoms with Crippen LogP contribution in [0.4, 0.5) is 0 Å². The van der Waals surface area contributed by atoms with Gasteiger partial charge in [0.25, 0.3) is 0 Å². The monoisotopic (exact) mass is 666 g/mol. The van der Waals surface area contributed by atoms with Crippen molar-refractivity contribution >= 4 is 23.8 Å².